The zero-order valence-corrected chi connectivity index (χ0v) is 10.3. The topological polar surface area (TPSA) is 79.4 Å². The van der Waals surface area contributed by atoms with E-state index >= 15 is 0 Å². The summed E-state index contributed by atoms with van der Waals surface area (Å²) in [5, 5.41) is 2.44. The Morgan fingerprint density at radius 2 is 2.22 bits per heavy atom. The molecule has 1 saturated heterocycles. The van der Waals surface area contributed by atoms with Crippen molar-refractivity contribution in [1.82, 2.24) is 15.2 Å². The fraction of sp³-hybridized carbons (Fsp3) is 0.273. The first-order chi connectivity index (χ1) is 8.49. The molecule has 7 heteroatoms. The number of nitrogens with one attached hydrogen (secondary N) is 1. The molecule has 1 N–H and O–H groups in total. The summed E-state index contributed by atoms with van der Waals surface area (Å²) in [7, 11) is 0. The number of carbonyl (C=O) groups is 3. The predicted molar refractivity (Wildman–Crippen MR) is 62.9 cm³/mol. The molecular formula is C11H10ClN3O3. The average Bonchev–Trinajstić information content (AvgIpc) is 2.34. The number of imide groups is 1. The number of nitrogens with zero attached hydrogens (tertiary/aromatic N) is 2. The maximum absolute atomic E-state index is 12.1. The number of carbonyl (C=O) groups excluding carboxylic acids is 3. The van der Waals surface area contributed by atoms with Crippen molar-refractivity contribution in [2.24, 2.45) is 0 Å². The lowest BCUT2D eigenvalue weighted by Crippen LogP contribution is -2.58. The zero-order valence-electron chi connectivity index (χ0n) is 9.51. The second-order valence-electron chi connectivity index (χ2n) is 3.89. The van der Waals surface area contributed by atoms with Crippen LogP contribution in [-0.2, 0) is 9.59 Å². The van der Waals surface area contributed by atoms with Crippen LogP contribution in [0.2, 0.25) is 5.15 Å². The summed E-state index contributed by atoms with van der Waals surface area (Å²) in [6.45, 7) is 1.41. The third-order valence-electron chi connectivity index (χ3n) is 2.66. The maximum Gasteiger partial charge on any atom is 0.256 e. The molecule has 94 valence electrons. The van der Waals surface area contributed by atoms with Gasteiger partial charge in [0.05, 0.1) is 5.56 Å². The van der Waals surface area contributed by atoms with E-state index in [9.17, 15) is 14.4 Å². The van der Waals surface area contributed by atoms with Gasteiger partial charge in [0, 0.05) is 6.20 Å². The van der Waals surface area contributed by atoms with E-state index in [-0.39, 0.29) is 17.3 Å². The van der Waals surface area contributed by atoms with Crippen LogP contribution in [0.4, 0.5) is 0 Å². The molecule has 0 aliphatic carbocycles. The number of halogens is 1. The van der Waals surface area contributed by atoms with Gasteiger partial charge in [0.15, 0.2) is 0 Å². The van der Waals surface area contributed by atoms with E-state index < -0.39 is 23.8 Å². The van der Waals surface area contributed by atoms with E-state index in [1.165, 1.54) is 23.2 Å². The lowest BCUT2D eigenvalue weighted by molar-refractivity contribution is -0.138. The Bertz CT molecular complexity index is 515. The Kier molecular flexibility index (Phi) is 3.29. The van der Waals surface area contributed by atoms with Crippen LogP contribution in [-0.4, -0.2) is 40.2 Å². The average molecular weight is 268 g/mol. The normalized spacial score (nSPS) is 19.7. The van der Waals surface area contributed by atoms with Crippen molar-refractivity contribution in [1.29, 1.82) is 0 Å². The highest BCUT2D eigenvalue weighted by atomic mass is 35.5. The standard InChI is InChI=1S/C11H10ClN3O3/c1-6-10(17)14-9(16)5-15(6)11(18)7-2-3-8(12)13-4-7/h2-4,6H,5H2,1H3,(H,14,16,17). The van der Waals surface area contributed by atoms with Gasteiger partial charge in [-0.15, -0.1) is 0 Å². The molecule has 1 atom stereocenters. The molecule has 0 radical (unpaired) electrons. The lowest BCUT2D eigenvalue weighted by Gasteiger charge is -2.31. The van der Waals surface area contributed by atoms with Gasteiger partial charge in [-0.2, -0.15) is 0 Å². The van der Waals surface area contributed by atoms with Crippen LogP contribution >= 0.6 is 11.6 Å². The van der Waals surface area contributed by atoms with Gasteiger partial charge in [0.1, 0.15) is 17.7 Å². The molecule has 18 heavy (non-hydrogen) atoms. The van der Waals surface area contributed by atoms with Gasteiger partial charge < -0.3 is 4.90 Å². The van der Waals surface area contributed by atoms with Crippen LogP contribution in [0.1, 0.15) is 17.3 Å². The van der Waals surface area contributed by atoms with Crippen LogP contribution in [0, 0.1) is 0 Å². The zero-order chi connectivity index (χ0) is 13.3. The number of pyridine rings is 1. The minimum absolute atomic E-state index is 0.144. The maximum atomic E-state index is 12.1. The molecule has 0 saturated carbocycles. The van der Waals surface area contributed by atoms with Crippen molar-refractivity contribution >= 4 is 29.3 Å². The van der Waals surface area contributed by atoms with Crippen LogP contribution in [0.25, 0.3) is 0 Å². The highest BCUT2D eigenvalue weighted by Gasteiger charge is 2.33. The molecule has 0 bridgehead atoms. The van der Waals surface area contributed by atoms with E-state index in [1.807, 2.05) is 0 Å². The molecule has 1 aliphatic heterocycles. The van der Waals surface area contributed by atoms with Gasteiger partial charge in [-0.05, 0) is 19.1 Å². The number of piperazine rings is 1. The Morgan fingerprint density at radius 1 is 1.50 bits per heavy atom. The molecular weight excluding hydrogens is 258 g/mol. The molecule has 3 amide bonds. The second kappa shape index (κ2) is 4.73. The van der Waals surface area contributed by atoms with Gasteiger partial charge in [-0.25, -0.2) is 4.98 Å². The number of hydrogen-bond acceptors (Lipinski definition) is 4. The summed E-state index contributed by atoms with van der Waals surface area (Å²) in [5.41, 5.74) is 0.286. The Hall–Kier alpha value is -1.95. The third kappa shape index (κ3) is 2.33. The van der Waals surface area contributed by atoms with E-state index in [2.05, 4.69) is 10.3 Å². The highest BCUT2D eigenvalue weighted by molar-refractivity contribution is 6.29. The lowest BCUT2D eigenvalue weighted by atomic mass is 10.1. The largest absolute Gasteiger partial charge is 0.318 e. The smallest absolute Gasteiger partial charge is 0.256 e. The number of hydrogen-bond donors (Lipinski definition) is 1. The van der Waals surface area contributed by atoms with E-state index in [4.69, 9.17) is 11.6 Å². The first-order valence-corrected chi connectivity index (χ1v) is 5.63. The first kappa shape index (κ1) is 12.5. The molecule has 6 nitrogen and oxygen atoms in total. The molecule has 1 aliphatic rings. The van der Waals surface area contributed by atoms with Crippen molar-refractivity contribution in [3.8, 4) is 0 Å². The summed E-state index contributed by atoms with van der Waals surface area (Å²) in [5.74, 6) is -1.40. The number of rotatable bonds is 1. The van der Waals surface area contributed by atoms with Gasteiger partial charge in [-0.1, -0.05) is 11.6 Å². The second-order valence-corrected chi connectivity index (χ2v) is 4.28. The van der Waals surface area contributed by atoms with Crippen LogP contribution in [0.15, 0.2) is 18.3 Å². The highest BCUT2D eigenvalue weighted by Crippen LogP contribution is 2.12. The molecule has 1 fully saturated rings. The number of aromatic nitrogens is 1. The van der Waals surface area contributed by atoms with Gasteiger partial charge >= 0.3 is 0 Å². The van der Waals surface area contributed by atoms with E-state index in [1.54, 1.807) is 6.92 Å². The van der Waals surface area contributed by atoms with Crippen molar-refractivity contribution in [2.45, 2.75) is 13.0 Å². The summed E-state index contributed by atoms with van der Waals surface area (Å²) < 4.78 is 0. The van der Waals surface area contributed by atoms with Crippen molar-refractivity contribution < 1.29 is 14.4 Å². The molecule has 0 spiro atoms. The molecule has 2 rings (SSSR count). The van der Waals surface area contributed by atoms with Crippen molar-refractivity contribution in [2.75, 3.05) is 6.54 Å². The first-order valence-electron chi connectivity index (χ1n) is 5.25. The van der Waals surface area contributed by atoms with Crippen LogP contribution in [0.5, 0.6) is 0 Å². The summed E-state index contributed by atoms with van der Waals surface area (Å²) >= 11 is 5.62. The number of amides is 3. The van der Waals surface area contributed by atoms with Crippen LogP contribution < -0.4 is 5.32 Å². The minimum Gasteiger partial charge on any atom is -0.318 e. The minimum atomic E-state index is -0.689. The monoisotopic (exact) mass is 267 g/mol. The summed E-state index contributed by atoms with van der Waals surface area (Å²) in [6, 6.07) is 2.29. The van der Waals surface area contributed by atoms with Gasteiger partial charge in [0.25, 0.3) is 5.91 Å². The SMILES string of the molecule is CC1C(=O)NC(=O)CN1C(=O)c1ccc(Cl)nc1. The van der Waals surface area contributed by atoms with E-state index in [0.29, 0.717) is 0 Å². The molecule has 0 aromatic carbocycles. The Morgan fingerprint density at radius 3 is 2.83 bits per heavy atom. The van der Waals surface area contributed by atoms with E-state index in [0.717, 1.165) is 0 Å². The fourth-order valence-corrected chi connectivity index (χ4v) is 1.74. The summed E-state index contributed by atoms with van der Waals surface area (Å²) in [6.07, 6.45) is 1.31. The molecule has 1 aromatic rings. The Balaban J connectivity index is 2.24. The quantitative estimate of drug-likeness (QED) is 0.583. The fourth-order valence-electron chi connectivity index (χ4n) is 1.63. The summed E-state index contributed by atoms with van der Waals surface area (Å²) in [4.78, 5) is 39.8. The van der Waals surface area contributed by atoms with Crippen LogP contribution in [0.3, 0.4) is 0 Å². The van der Waals surface area contributed by atoms with Crippen molar-refractivity contribution in [3.05, 3.63) is 29.0 Å². The predicted octanol–water partition coefficient (Wildman–Crippen LogP) is 0.222. The van der Waals surface area contributed by atoms with Gasteiger partial charge in [0.2, 0.25) is 11.8 Å². The molecule has 1 unspecified atom stereocenters. The Labute approximate surface area is 108 Å². The third-order valence-corrected chi connectivity index (χ3v) is 2.88. The van der Waals surface area contributed by atoms with Gasteiger partial charge in [-0.3, -0.25) is 19.7 Å². The molecule has 1 aromatic heterocycles. The molecule has 2 heterocycles. The van der Waals surface area contributed by atoms with Crippen molar-refractivity contribution in [3.63, 3.8) is 0 Å².